The van der Waals surface area contributed by atoms with Gasteiger partial charge in [-0.3, -0.25) is 14.5 Å². The van der Waals surface area contributed by atoms with Gasteiger partial charge in [-0.15, -0.1) is 0 Å². The second kappa shape index (κ2) is 10.1. The van der Waals surface area contributed by atoms with Crippen LogP contribution in [0.25, 0.3) is 5.76 Å². The third-order valence-corrected chi connectivity index (χ3v) is 5.94. The number of anilines is 1. The van der Waals surface area contributed by atoms with Crippen LogP contribution in [-0.4, -0.2) is 35.6 Å². The van der Waals surface area contributed by atoms with Gasteiger partial charge in [0.1, 0.15) is 23.0 Å². The second-order valence-electron chi connectivity index (χ2n) is 7.96. The molecule has 2 N–H and O–H groups in total. The van der Waals surface area contributed by atoms with Crippen molar-refractivity contribution >= 4 is 34.7 Å². The van der Waals surface area contributed by atoms with E-state index in [9.17, 15) is 19.8 Å². The van der Waals surface area contributed by atoms with Gasteiger partial charge in [0.2, 0.25) is 0 Å². The molecule has 4 rings (SSSR count). The quantitative estimate of drug-likeness (QED) is 0.257. The number of hydrogen-bond acceptors (Lipinski definition) is 6. The standard InChI is InChI=1S/C27H24ClNO6/c1-3-13-35-20-6-4-5-17(14-20)25(31)23-24(16-7-10-19(30)11-8-16)29(27(33)26(23)32)18-9-12-22(34-2)21(28)15-18/h4-12,14-15,24,30-31H,3,13H2,1-2H3/b25-23+. The lowest BCUT2D eigenvalue weighted by Crippen LogP contribution is -2.29. The summed E-state index contributed by atoms with van der Waals surface area (Å²) in [6.07, 6.45) is 0.812. The lowest BCUT2D eigenvalue weighted by Gasteiger charge is -2.26. The van der Waals surface area contributed by atoms with E-state index in [1.165, 1.54) is 30.2 Å². The smallest absolute Gasteiger partial charge is 0.300 e. The van der Waals surface area contributed by atoms with E-state index in [2.05, 4.69) is 0 Å². The van der Waals surface area contributed by atoms with Crippen LogP contribution in [0.3, 0.4) is 0 Å². The molecule has 1 aliphatic rings. The Kier molecular flexibility index (Phi) is 6.98. The molecule has 8 heteroatoms. The number of benzene rings is 3. The van der Waals surface area contributed by atoms with Gasteiger partial charge in [-0.05, 0) is 54.4 Å². The zero-order chi connectivity index (χ0) is 25.1. The predicted molar refractivity (Wildman–Crippen MR) is 133 cm³/mol. The Labute approximate surface area is 207 Å². The zero-order valence-corrected chi connectivity index (χ0v) is 20.0. The van der Waals surface area contributed by atoms with Gasteiger partial charge in [0.05, 0.1) is 30.4 Å². The molecule has 0 bridgehead atoms. The van der Waals surface area contributed by atoms with Gasteiger partial charge in [-0.25, -0.2) is 0 Å². The molecular formula is C27H24ClNO6. The molecule has 0 saturated carbocycles. The first-order chi connectivity index (χ1) is 16.8. The summed E-state index contributed by atoms with van der Waals surface area (Å²) in [7, 11) is 1.47. The van der Waals surface area contributed by atoms with Gasteiger partial charge in [-0.2, -0.15) is 0 Å². The molecule has 0 aliphatic carbocycles. The van der Waals surface area contributed by atoms with Crippen molar-refractivity contribution in [1.82, 2.24) is 0 Å². The van der Waals surface area contributed by atoms with Crippen LogP contribution in [0.2, 0.25) is 5.02 Å². The van der Waals surface area contributed by atoms with E-state index in [1.54, 1.807) is 48.5 Å². The summed E-state index contributed by atoms with van der Waals surface area (Å²) in [5, 5.41) is 21.3. The molecule has 35 heavy (non-hydrogen) atoms. The lowest BCUT2D eigenvalue weighted by molar-refractivity contribution is -0.132. The van der Waals surface area contributed by atoms with Crippen LogP contribution < -0.4 is 14.4 Å². The van der Waals surface area contributed by atoms with E-state index in [1.807, 2.05) is 6.92 Å². The number of phenols is 1. The Morgan fingerprint density at radius 2 is 1.80 bits per heavy atom. The maximum absolute atomic E-state index is 13.3. The Bertz CT molecular complexity index is 1300. The summed E-state index contributed by atoms with van der Waals surface area (Å²) in [5.74, 6) is -1.01. The van der Waals surface area contributed by atoms with Crippen LogP contribution in [0, 0.1) is 0 Å². The number of carbonyl (C=O) groups excluding carboxylic acids is 2. The van der Waals surface area contributed by atoms with Crippen molar-refractivity contribution in [2.45, 2.75) is 19.4 Å². The summed E-state index contributed by atoms with van der Waals surface area (Å²) in [5.41, 5.74) is 1.14. The van der Waals surface area contributed by atoms with Gasteiger partial charge < -0.3 is 19.7 Å². The number of carbonyl (C=O) groups is 2. The number of ether oxygens (including phenoxy) is 2. The molecule has 1 amide bonds. The maximum Gasteiger partial charge on any atom is 0.300 e. The van der Waals surface area contributed by atoms with Crippen molar-refractivity contribution in [2.24, 2.45) is 0 Å². The fraction of sp³-hybridized carbons (Fsp3) is 0.185. The Morgan fingerprint density at radius 3 is 2.46 bits per heavy atom. The predicted octanol–water partition coefficient (Wildman–Crippen LogP) is 5.47. The number of halogens is 1. The molecule has 1 unspecified atom stereocenters. The first-order valence-corrected chi connectivity index (χ1v) is 11.4. The van der Waals surface area contributed by atoms with E-state index in [4.69, 9.17) is 21.1 Å². The first kappa shape index (κ1) is 24.2. The van der Waals surface area contributed by atoms with Gasteiger partial charge in [-0.1, -0.05) is 42.8 Å². The minimum Gasteiger partial charge on any atom is -0.508 e. The third-order valence-electron chi connectivity index (χ3n) is 5.65. The number of aliphatic hydroxyl groups excluding tert-OH is 1. The molecule has 1 fully saturated rings. The van der Waals surface area contributed by atoms with Crippen molar-refractivity contribution < 1.29 is 29.3 Å². The molecule has 1 saturated heterocycles. The van der Waals surface area contributed by atoms with Gasteiger partial charge in [0.25, 0.3) is 11.7 Å². The van der Waals surface area contributed by atoms with Gasteiger partial charge in [0, 0.05) is 11.3 Å². The lowest BCUT2D eigenvalue weighted by atomic mass is 9.95. The molecule has 7 nitrogen and oxygen atoms in total. The second-order valence-corrected chi connectivity index (χ2v) is 8.36. The molecule has 1 heterocycles. The molecular weight excluding hydrogens is 470 g/mol. The molecule has 0 aromatic heterocycles. The molecule has 180 valence electrons. The number of Topliss-reactive ketones (excluding diaryl/α,β-unsaturated/α-hetero) is 1. The first-order valence-electron chi connectivity index (χ1n) is 11.0. The Morgan fingerprint density at radius 1 is 1.06 bits per heavy atom. The number of hydrogen-bond donors (Lipinski definition) is 2. The Balaban J connectivity index is 1.89. The van der Waals surface area contributed by atoms with Crippen LogP contribution in [0.5, 0.6) is 17.2 Å². The van der Waals surface area contributed by atoms with Crippen molar-refractivity contribution in [1.29, 1.82) is 0 Å². The monoisotopic (exact) mass is 493 g/mol. The summed E-state index contributed by atoms with van der Waals surface area (Å²) in [4.78, 5) is 27.8. The van der Waals surface area contributed by atoms with Crippen molar-refractivity contribution in [3.63, 3.8) is 0 Å². The minimum atomic E-state index is -0.958. The molecule has 3 aromatic rings. The normalized spacial score (nSPS) is 17.0. The Hall–Kier alpha value is -3.97. The average molecular weight is 494 g/mol. The maximum atomic E-state index is 13.3. The zero-order valence-electron chi connectivity index (χ0n) is 19.2. The van der Waals surface area contributed by atoms with Crippen LogP contribution in [0.4, 0.5) is 5.69 Å². The number of phenolic OH excluding ortho intramolecular Hbond substituents is 1. The molecule has 1 atom stereocenters. The van der Waals surface area contributed by atoms with Gasteiger partial charge >= 0.3 is 0 Å². The van der Waals surface area contributed by atoms with Crippen LogP contribution in [0.1, 0.15) is 30.5 Å². The molecule has 3 aromatic carbocycles. The van der Waals surface area contributed by atoms with E-state index in [-0.39, 0.29) is 22.1 Å². The summed E-state index contributed by atoms with van der Waals surface area (Å²) >= 11 is 6.30. The molecule has 0 radical (unpaired) electrons. The fourth-order valence-electron chi connectivity index (χ4n) is 3.98. The highest BCUT2D eigenvalue weighted by molar-refractivity contribution is 6.51. The largest absolute Gasteiger partial charge is 0.508 e. The molecule has 0 spiro atoms. The SMILES string of the molecule is CCCOc1cccc(/C(O)=C2\C(=O)C(=O)N(c3ccc(OC)c(Cl)c3)C2c2ccc(O)cc2)c1. The van der Waals surface area contributed by atoms with Crippen molar-refractivity contribution in [2.75, 3.05) is 18.6 Å². The van der Waals surface area contributed by atoms with Gasteiger partial charge in [0.15, 0.2) is 0 Å². The highest BCUT2D eigenvalue weighted by Crippen LogP contribution is 2.44. The average Bonchev–Trinajstić information content (AvgIpc) is 3.13. The number of aliphatic hydroxyl groups is 1. The highest BCUT2D eigenvalue weighted by atomic mass is 35.5. The van der Waals surface area contributed by atoms with E-state index in [0.717, 1.165) is 6.42 Å². The number of nitrogens with zero attached hydrogens (tertiary/aromatic N) is 1. The highest BCUT2D eigenvalue weighted by Gasteiger charge is 2.47. The number of ketones is 1. The van der Waals surface area contributed by atoms with E-state index < -0.39 is 17.7 Å². The van der Waals surface area contributed by atoms with Crippen molar-refractivity contribution in [3.8, 4) is 17.2 Å². The van der Waals surface area contributed by atoms with Crippen LogP contribution in [0.15, 0.2) is 72.3 Å². The number of aromatic hydroxyl groups is 1. The minimum absolute atomic E-state index is 0.0268. The fourth-order valence-corrected chi connectivity index (χ4v) is 4.24. The summed E-state index contributed by atoms with van der Waals surface area (Å²) in [6.45, 7) is 2.48. The number of amides is 1. The van der Waals surface area contributed by atoms with Crippen LogP contribution >= 0.6 is 11.6 Å². The summed E-state index contributed by atoms with van der Waals surface area (Å²) < 4.78 is 10.9. The van der Waals surface area contributed by atoms with Crippen molar-refractivity contribution in [3.05, 3.63) is 88.5 Å². The van der Waals surface area contributed by atoms with E-state index >= 15 is 0 Å². The van der Waals surface area contributed by atoms with E-state index in [0.29, 0.717) is 34.9 Å². The number of rotatable bonds is 7. The third kappa shape index (κ3) is 4.68. The topological polar surface area (TPSA) is 96.3 Å². The van der Waals surface area contributed by atoms with Crippen LogP contribution in [-0.2, 0) is 9.59 Å². The number of methoxy groups -OCH3 is 1. The molecule has 1 aliphatic heterocycles. The summed E-state index contributed by atoms with van der Waals surface area (Å²) in [6, 6.07) is 16.6.